The highest BCUT2D eigenvalue weighted by molar-refractivity contribution is 5.82. The Balaban J connectivity index is 4.50. The molecule has 0 saturated heterocycles. The fraction of sp³-hybridized carbons (Fsp3) is 0.923. The summed E-state index contributed by atoms with van der Waals surface area (Å²) in [5.74, 6) is 0.636. The van der Waals surface area contributed by atoms with Crippen LogP contribution in [0.4, 0.5) is 0 Å². The number of hydrogen-bond acceptors (Lipinski definition) is 2. The molecule has 0 fully saturated rings. The van der Waals surface area contributed by atoms with E-state index in [0.29, 0.717) is 5.92 Å². The minimum atomic E-state index is -0.424. The van der Waals surface area contributed by atoms with Gasteiger partial charge in [-0.05, 0) is 24.7 Å². The van der Waals surface area contributed by atoms with E-state index in [0.717, 1.165) is 6.42 Å². The van der Waals surface area contributed by atoms with Crippen molar-refractivity contribution >= 4 is 5.91 Å². The van der Waals surface area contributed by atoms with Gasteiger partial charge < -0.3 is 10.6 Å². The van der Waals surface area contributed by atoms with Gasteiger partial charge in [-0.25, -0.2) is 0 Å². The number of rotatable bonds is 4. The Morgan fingerprint density at radius 3 is 2.00 bits per heavy atom. The second kappa shape index (κ2) is 5.67. The molecule has 0 spiro atoms. The molecule has 2 N–H and O–H groups in total. The zero-order valence-corrected chi connectivity index (χ0v) is 11.9. The lowest BCUT2D eigenvalue weighted by molar-refractivity contribution is -0.135. The van der Waals surface area contributed by atoms with Crippen LogP contribution in [0.25, 0.3) is 0 Å². The van der Waals surface area contributed by atoms with Crippen molar-refractivity contribution < 1.29 is 4.79 Å². The fourth-order valence-corrected chi connectivity index (χ4v) is 1.65. The molecule has 0 saturated carbocycles. The third-order valence-corrected chi connectivity index (χ3v) is 3.02. The molecule has 16 heavy (non-hydrogen) atoms. The number of amides is 1. The van der Waals surface area contributed by atoms with Crippen LogP contribution in [0.1, 0.15) is 48.0 Å². The molecule has 1 amide bonds. The zero-order valence-electron chi connectivity index (χ0n) is 11.9. The minimum absolute atomic E-state index is 0.0423. The van der Waals surface area contributed by atoms with E-state index in [1.165, 1.54) is 0 Å². The quantitative estimate of drug-likeness (QED) is 0.802. The van der Waals surface area contributed by atoms with Crippen LogP contribution in [0.3, 0.4) is 0 Å². The summed E-state index contributed by atoms with van der Waals surface area (Å²) in [4.78, 5) is 13.9. The molecule has 1 unspecified atom stereocenters. The summed E-state index contributed by atoms with van der Waals surface area (Å²) < 4.78 is 0. The molecule has 96 valence electrons. The highest BCUT2D eigenvalue weighted by atomic mass is 16.2. The first kappa shape index (κ1) is 15.4. The van der Waals surface area contributed by atoms with Gasteiger partial charge >= 0.3 is 0 Å². The van der Waals surface area contributed by atoms with Crippen molar-refractivity contribution in [1.29, 1.82) is 0 Å². The predicted molar refractivity (Wildman–Crippen MR) is 69.1 cm³/mol. The van der Waals surface area contributed by atoms with Crippen molar-refractivity contribution in [2.75, 3.05) is 7.05 Å². The van der Waals surface area contributed by atoms with E-state index >= 15 is 0 Å². The smallest absolute Gasteiger partial charge is 0.240 e. The number of carbonyl (C=O) groups is 1. The van der Waals surface area contributed by atoms with E-state index in [1.54, 1.807) is 4.90 Å². The van der Waals surface area contributed by atoms with Crippen LogP contribution in [0.15, 0.2) is 0 Å². The molecular formula is C13H28N2O. The second-order valence-corrected chi connectivity index (χ2v) is 6.27. The maximum absolute atomic E-state index is 12.1. The molecule has 0 aliphatic rings. The largest absolute Gasteiger partial charge is 0.342 e. The summed E-state index contributed by atoms with van der Waals surface area (Å²) in [5, 5.41) is 0. The molecule has 0 aliphatic carbocycles. The molecule has 0 heterocycles. The van der Waals surface area contributed by atoms with Gasteiger partial charge in [0.05, 0.1) is 6.04 Å². The zero-order chi connectivity index (χ0) is 13.1. The summed E-state index contributed by atoms with van der Waals surface area (Å²) >= 11 is 0. The Morgan fingerprint density at radius 2 is 1.69 bits per heavy atom. The minimum Gasteiger partial charge on any atom is -0.342 e. The SMILES string of the molecule is CC(C)CC(C)N(C)C(=O)[C@H](N)C(C)(C)C. The van der Waals surface area contributed by atoms with Gasteiger partial charge in [0.1, 0.15) is 0 Å². The fourth-order valence-electron chi connectivity index (χ4n) is 1.65. The van der Waals surface area contributed by atoms with Crippen LogP contribution in [-0.4, -0.2) is 29.9 Å². The third-order valence-electron chi connectivity index (χ3n) is 3.02. The lowest BCUT2D eigenvalue weighted by Gasteiger charge is -2.33. The van der Waals surface area contributed by atoms with Gasteiger partial charge in [0.25, 0.3) is 0 Å². The maximum Gasteiger partial charge on any atom is 0.240 e. The molecular weight excluding hydrogens is 200 g/mol. The van der Waals surface area contributed by atoms with Crippen molar-refractivity contribution in [3.63, 3.8) is 0 Å². The first-order chi connectivity index (χ1) is 7.07. The monoisotopic (exact) mass is 228 g/mol. The van der Waals surface area contributed by atoms with Crippen molar-refractivity contribution in [2.24, 2.45) is 17.1 Å². The lowest BCUT2D eigenvalue weighted by Crippen LogP contribution is -2.51. The van der Waals surface area contributed by atoms with Crippen LogP contribution < -0.4 is 5.73 Å². The highest BCUT2D eigenvalue weighted by Gasteiger charge is 2.31. The Labute approximate surface area is 100 Å². The van der Waals surface area contributed by atoms with E-state index in [4.69, 9.17) is 5.73 Å². The first-order valence-electron chi connectivity index (χ1n) is 6.09. The van der Waals surface area contributed by atoms with Crippen LogP contribution >= 0.6 is 0 Å². The summed E-state index contributed by atoms with van der Waals surface area (Å²) in [6.45, 7) is 12.4. The Hall–Kier alpha value is -0.570. The maximum atomic E-state index is 12.1. The summed E-state index contributed by atoms with van der Waals surface area (Å²) in [6.07, 6.45) is 1.01. The molecule has 2 atom stereocenters. The first-order valence-corrected chi connectivity index (χ1v) is 6.09. The molecule has 3 nitrogen and oxygen atoms in total. The molecule has 0 aliphatic heterocycles. The van der Waals surface area contributed by atoms with E-state index in [9.17, 15) is 4.79 Å². The van der Waals surface area contributed by atoms with E-state index in [1.807, 2.05) is 27.8 Å². The van der Waals surface area contributed by atoms with Gasteiger partial charge in [-0.3, -0.25) is 4.79 Å². The molecule has 0 rings (SSSR count). The Kier molecular flexibility index (Phi) is 5.47. The van der Waals surface area contributed by atoms with Gasteiger partial charge in [-0.1, -0.05) is 34.6 Å². The van der Waals surface area contributed by atoms with Gasteiger partial charge in [-0.2, -0.15) is 0 Å². The Morgan fingerprint density at radius 1 is 1.25 bits per heavy atom. The van der Waals surface area contributed by atoms with E-state index < -0.39 is 6.04 Å². The van der Waals surface area contributed by atoms with Gasteiger partial charge in [0.2, 0.25) is 5.91 Å². The van der Waals surface area contributed by atoms with Crippen LogP contribution in [-0.2, 0) is 4.79 Å². The van der Waals surface area contributed by atoms with E-state index in [2.05, 4.69) is 20.8 Å². The average molecular weight is 228 g/mol. The standard InChI is InChI=1S/C13H28N2O/c1-9(2)8-10(3)15(7)12(16)11(14)13(4,5)6/h9-11H,8,14H2,1-7H3/t10?,11-/m0/s1. The predicted octanol–water partition coefficient (Wildman–Crippen LogP) is 2.25. The molecule has 0 aromatic heterocycles. The molecule has 0 aromatic rings. The third kappa shape index (κ3) is 4.52. The van der Waals surface area contributed by atoms with E-state index in [-0.39, 0.29) is 17.4 Å². The number of carbonyl (C=O) groups excluding carboxylic acids is 1. The number of hydrogen-bond donors (Lipinski definition) is 1. The van der Waals surface area contributed by atoms with Crippen molar-refractivity contribution in [3.05, 3.63) is 0 Å². The van der Waals surface area contributed by atoms with Gasteiger partial charge in [-0.15, -0.1) is 0 Å². The topological polar surface area (TPSA) is 46.3 Å². The highest BCUT2D eigenvalue weighted by Crippen LogP contribution is 2.20. The Bertz CT molecular complexity index is 231. The van der Waals surface area contributed by atoms with Crippen LogP contribution in [0.2, 0.25) is 0 Å². The normalized spacial score (nSPS) is 16.1. The lowest BCUT2D eigenvalue weighted by atomic mass is 9.86. The van der Waals surface area contributed by atoms with Crippen LogP contribution in [0, 0.1) is 11.3 Å². The van der Waals surface area contributed by atoms with Gasteiger partial charge in [0, 0.05) is 13.1 Å². The molecule has 0 bridgehead atoms. The molecule has 0 radical (unpaired) electrons. The number of likely N-dealkylation sites (N-methyl/N-ethyl adjacent to an activating group) is 1. The van der Waals surface area contributed by atoms with Crippen molar-refractivity contribution in [2.45, 2.75) is 60.0 Å². The van der Waals surface area contributed by atoms with Gasteiger partial charge in [0.15, 0.2) is 0 Å². The molecule has 3 heteroatoms. The summed E-state index contributed by atoms with van der Waals surface area (Å²) in [7, 11) is 1.85. The molecule has 0 aromatic carbocycles. The number of nitrogens with zero attached hydrogens (tertiary/aromatic N) is 1. The van der Waals surface area contributed by atoms with Crippen molar-refractivity contribution in [1.82, 2.24) is 4.90 Å². The average Bonchev–Trinajstić information content (AvgIpc) is 2.11. The number of nitrogens with two attached hydrogens (primary N) is 1. The van der Waals surface area contributed by atoms with Crippen molar-refractivity contribution in [3.8, 4) is 0 Å². The van der Waals surface area contributed by atoms with Crippen LogP contribution in [0.5, 0.6) is 0 Å². The summed E-state index contributed by atoms with van der Waals surface area (Å²) in [6, 6.07) is -0.173. The summed E-state index contributed by atoms with van der Waals surface area (Å²) in [5.41, 5.74) is 5.79. The second-order valence-electron chi connectivity index (χ2n) is 6.27.